The van der Waals surface area contributed by atoms with E-state index in [-0.39, 0.29) is 5.91 Å². The van der Waals surface area contributed by atoms with Crippen molar-refractivity contribution in [3.8, 4) is 5.75 Å². The van der Waals surface area contributed by atoms with Crippen molar-refractivity contribution in [1.82, 2.24) is 4.90 Å². The fourth-order valence-electron chi connectivity index (χ4n) is 3.20. The van der Waals surface area contributed by atoms with Crippen LogP contribution in [-0.4, -0.2) is 37.3 Å². The third kappa shape index (κ3) is 4.38. The van der Waals surface area contributed by atoms with Crippen LogP contribution in [0.3, 0.4) is 0 Å². The maximum atomic E-state index is 13.2. The molecule has 0 atom stereocenters. The van der Waals surface area contributed by atoms with E-state index < -0.39 is 5.97 Å². The van der Waals surface area contributed by atoms with Gasteiger partial charge in [-0.25, -0.2) is 4.79 Å². The number of nitrogens with zero attached hydrogens (tertiary/aromatic N) is 1. The van der Waals surface area contributed by atoms with Crippen LogP contribution in [0.1, 0.15) is 18.1 Å². The first-order valence-electron chi connectivity index (χ1n) is 9.08. The quantitative estimate of drug-likeness (QED) is 0.405. The van der Waals surface area contributed by atoms with E-state index in [1.165, 1.54) is 7.11 Å². The minimum Gasteiger partial charge on any atom is -0.497 e. The zero-order valence-electron chi connectivity index (χ0n) is 16.9. The second-order valence-electron chi connectivity index (χ2n) is 6.52. The van der Waals surface area contributed by atoms with Gasteiger partial charge in [-0.15, -0.1) is 11.8 Å². The van der Waals surface area contributed by atoms with Gasteiger partial charge in [-0.1, -0.05) is 24.3 Å². The minimum absolute atomic E-state index is 0.215. The number of benzene rings is 2. The van der Waals surface area contributed by atoms with Gasteiger partial charge in [0.25, 0.3) is 5.91 Å². The van der Waals surface area contributed by atoms with Crippen LogP contribution < -0.4 is 4.74 Å². The molecule has 0 fully saturated rings. The lowest BCUT2D eigenvalue weighted by Crippen LogP contribution is -2.24. The Morgan fingerprint density at radius 3 is 2.28 bits per heavy atom. The largest absolute Gasteiger partial charge is 0.497 e. The van der Waals surface area contributed by atoms with Crippen LogP contribution in [-0.2, 0) is 20.9 Å². The monoisotopic (exact) mass is 409 g/mol. The van der Waals surface area contributed by atoms with Crippen LogP contribution in [0, 0.1) is 0 Å². The van der Waals surface area contributed by atoms with Gasteiger partial charge in [-0.3, -0.25) is 4.79 Å². The Kier molecular flexibility index (Phi) is 6.44. The molecule has 0 saturated carbocycles. The summed E-state index contributed by atoms with van der Waals surface area (Å²) in [5, 5.41) is 0. The molecule has 2 aromatic rings. The summed E-state index contributed by atoms with van der Waals surface area (Å²) in [5.74, 6) is 0.0195. The Bertz CT molecular complexity index is 975. The van der Waals surface area contributed by atoms with Crippen LogP contribution >= 0.6 is 11.8 Å². The van der Waals surface area contributed by atoms with Gasteiger partial charge in [-0.2, -0.15) is 0 Å². The number of rotatable bonds is 6. The molecule has 0 N–H and O–H groups in total. The molecule has 3 rings (SSSR count). The number of carbonyl (C=O) groups is 2. The van der Waals surface area contributed by atoms with Crippen LogP contribution in [0.15, 0.2) is 70.3 Å². The average Bonchev–Trinajstić information content (AvgIpc) is 2.98. The molecule has 29 heavy (non-hydrogen) atoms. The van der Waals surface area contributed by atoms with E-state index in [1.54, 1.807) is 36.8 Å². The zero-order valence-corrected chi connectivity index (χ0v) is 17.7. The number of esters is 1. The van der Waals surface area contributed by atoms with E-state index >= 15 is 0 Å². The standard InChI is InChI=1S/C23H23NO4S/c1-15-21(23(26)28-3)20(13-16-7-11-19(29-4)12-8-16)22(25)24(15)14-17-5-9-18(27-2)10-6-17/h5-13H,14H2,1-4H3/b20-13-. The Morgan fingerprint density at radius 1 is 1.07 bits per heavy atom. The molecule has 0 aliphatic carbocycles. The fourth-order valence-corrected chi connectivity index (χ4v) is 3.61. The van der Waals surface area contributed by atoms with Crippen LogP contribution in [0.5, 0.6) is 5.75 Å². The van der Waals surface area contributed by atoms with Crippen LogP contribution in [0.4, 0.5) is 0 Å². The zero-order chi connectivity index (χ0) is 21.0. The third-order valence-corrected chi connectivity index (χ3v) is 5.57. The maximum Gasteiger partial charge on any atom is 0.340 e. The molecule has 5 nitrogen and oxygen atoms in total. The Hall–Kier alpha value is -2.99. The molecular formula is C23H23NO4S. The van der Waals surface area contributed by atoms with Gasteiger partial charge in [0.2, 0.25) is 0 Å². The predicted molar refractivity (Wildman–Crippen MR) is 114 cm³/mol. The SMILES string of the molecule is COC(=O)C1=C(C)N(Cc2ccc(OC)cc2)C(=O)/C1=C\c1ccc(SC)cc1. The van der Waals surface area contributed by atoms with Crippen LogP contribution in [0.25, 0.3) is 6.08 Å². The second-order valence-corrected chi connectivity index (χ2v) is 7.40. The summed E-state index contributed by atoms with van der Waals surface area (Å²) in [4.78, 5) is 28.4. The van der Waals surface area contributed by atoms with E-state index in [9.17, 15) is 9.59 Å². The van der Waals surface area contributed by atoms with Crippen molar-refractivity contribution in [2.75, 3.05) is 20.5 Å². The van der Waals surface area contributed by atoms with Crippen molar-refractivity contribution in [3.63, 3.8) is 0 Å². The third-order valence-electron chi connectivity index (χ3n) is 4.83. The number of methoxy groups -OCH3 is 2. The van der Waals surface area contributed by atoms with Crippen molar-refractivity contribution in [3.05, 3.63) is 76.5 Å². The van der Waals surface area contributed by atoms with Gasteiger partial charge in [0, 0.05) is 10.6 Å². The number of allylic oxidation sites excluding steroid dienone is 1. The summed E-state index contributed by atoms with van der Waals surface area (Å²) in [6.07, 6.45) is 3.75. The van der Waals surface area contributed by atoms with Crippen molar-refractivity contribution in [2.45, 2.75) is 18.4 Å². The molecule has 0 saturated heterocycles. The van der Waals surface area contributed by atoms with Gasteiger partial charge >= 0.3 is 5.97 Å². The second kappa shape index (κ2) is 9.01. The Morgan fingerprint density at radius 2 is 1.72 bits per heavy atom. The highest BCUT2D eigenvalue weighted by molar-refractivity contribution is 7.98. The minimum atomic E-state index is -0.514. The fraction of sp³-hybridized carbons (Fsp3) is 0.217. The van der Waals surface area contributed by atoms with E-state index in [4.69, 9.17) is 9.47 Å². The molecule has 0 unspecified atom stereocenters. The topological polar surface area (TPSA) is 55.8 Å². The smallest absolute Gasteiger partial charge is 0.340 e. The number of ether oxygens (including phenoxy) is 2. The average molecular weight is 410 g/mol. The lowest BCUT2D eigenvalue weighted by atomic mass is 10.0. The molecule has 0 bridgehead atoms. The molecule has 1 amide bonds. The van der Waals surface area contributed by atoms with Crippen LogP contribution in [0.2, 0.25) is 0 Å². The van der Waals surface area contributed by atoms with E-state index in [0.29, 0.717) is 23.4 Å². The molecule has 6 heteroatoms. The summed E-state index contributed by atoms with van der Waals surface area (Å²) in [6, 6.07) is 15.3. The van der Waals surface area contributed by atoms with E-state index in [2.05, 4.69) is 0 Å². The Balaban J connectivity index is 1.96. The first-order chi connectivity index (χ1) is 14.0. The molecule has 2 aromatic carbocycles. The highest BCUT2D eigenvalue weighted by atomic mass is 32.2. The lowest BCUT2D eigenvalue weighted by Gasteiger charge is -2.18. The summed E-state index contributed by atoms with van der Waals surface area (Å²) in [7, 11) is 2.93. The number of thioether (sulfide) groups is 1. The lowest BCUT2D eigenvalue weighted by molar-refractivity contribution is -0.136. The molecule has 1 aliphatic heterocycles. The number of hydrogen-bond acceptors (Lipinski definition) is 5. The molecular weight excluding hydrogens is 386 g/mol. The summed E-state index contributed by atoms with van der Waals surface area (Å²) >= 11 is 1.65. The van der Waals surface area contributed by atoms with Gasteiger partial charge in [0.1, 0.15) is 5.75 Å². The highest BCUT2D eigenvalue weighted by Crippen LogP contribution is 2.33. The summed E-state index contributed by atoms with van der Waals surface area (Å²) < 4.78 is 10.1. The van der Waals surface area contributed by atoms with Crippen molar-refractivity contribution >= 4 is 29.7 Å². The summed E-state index contributed by atoms with van der Waals surface area (Å²) in [6.45, 7) is 2.13. The van der Waals surface area contributed by atoms with E-state index in [0.717, 1.165) is 21.8 Å². The predicted octanol–water partition coefficient (Wildman–Crippen LogP) is 4.29. The van der Waals surface area contributed by atoms with Crippen molar-refractivity contribution in [1.29, 1.82) is 0 Å². The first kappa shape index (κ1) is 20.7. The van der Waals surface area contributed by atoms with Gasteiger partial charge < -0.3 is 14.4 Å². The number of amides is 1. The van der Waals surface area contributed by atoms with Gasteiger partial charge in [0.15, 0.2) is 0 Å². The number of carbonyl (C=O) groups excluding carboxylic acids is 2. The summed E-state index contributed by atoms with van der Waals surface area (Å²) in [5.41, 5.74) is 3.03. The highest BCUT2D eigenvalue weighted by Gasteiger charge is 2.36. The first-order valence-corrected chi connectivity index (χ1v) is 10.3. The molecule has 1 aliphatic rings. The van der Waals surface area contributed by atoms with Crippen molar-refractivity contribution < 1.29 is 19.1 Å². The molecule has 0 spiro atoms. The molecule has 1 heterocycles. The number of hydrogen-bond donors (Lipinski definition) is 0. The molecule has 0 aromatic heterocycles. The normalized spacial score (nSPS) is 15.2. The van der Waals surface area contributed by atoms with Crippen molar-refractivity contribution in [2.24, 2.45) is 0 Å². The Labute approximate surface area is 175 Å². The van der Waals surface area contributed by atoms with Gasteiger partial charge in [-0.05, 0) is 54.6 Å². The van der Waals surface area contributed by atoms with Gasteiger partial charge in [0.05, 0.1) is 31.9 Å². The maximum absolute atomic E-state index is 13.2. The molecule has 0 radical (unpaired) electrons. The molecule has 150 valence electrons. The van der Waals surface area contributed by atoms with E-state index in [1.807, 2.05) is 54.8 Å².